The Kier molecular flexibility index (Phi) is 3.55. The van der Waals surface area contributed by atoms with E-state index in [9.17, 15) is 0 Å². The average molecular weight is 248 g/mol. The standard InChI is InChI=1S/C14H14ClNO/c1-10-11(7-8-13(15)14(10)16)9-17-12-5-3-2-4-6-12/h2-8H,9,16H2,1H3. The summed E-state index contributed by atoms with van der Waals surface area (Å²) in [5, 5.41) is 0.589. The largest absolute Gasteiger partial charge is 0.489 e. The highest BCUT2D eigenvalue weighted by atomic mass is 35.5. The molecule has 0 saturated heterocycles. The molecule has 2 aromatic rings. The van der Waals surface area contributed by atoms with Gasteiger partial charge in [0, 0.05) is 0 Å². The van der Waals surface area contributed by atoms with E-state index < -0.39 is 0 Å². The Hall–Kier alpha value is -1.67. The fourth-order valence-electron chi connectivity index (χ4n) is 1.57. The van der Waals surface area contributed by atoms with Gasteiger partial charge in [-0.2, -0.15) is 0 Å². The molecule has 0 aliphatic carbocycles. The van der Waals surface area contributed by atoms with Crippen molar-refractivity contribution in [3.8, 4) is 5.75 Å². The smallest absolute Gasteiger partial charge is 0.119 e. The maximum atomic E-state index is 5.94. The van der Waals surface area contributed by atoms with E-state index in [2.05, 4.69) is 0 Å². The summed E-state index contributed by atoms with van der Waals surface area (Å²) >= 11 is 5.94. The Morgan fingerprint density at radius 2 is 1.82 bits per heavy atom. The fraction of sp³-hybridized carbons (Fsp3) is 0.143. The Morgan fingerprint density at radius 1 is 1.12 bits per heavy atom. The number of anilines is 1. The SMILES string of the molecule is Cc1c(COc2ccccc2)ccc(Cl)c1N. The molecule has 0 aliphatic heterocycles. The predicted octanol–water partition coefficient (Wildman–Crippen LogP) is 3.81. The van der Waals surface area contributed by atoms with Gasteiger partial charge in [-0.3, -0.25) is 0 Å². The van der Waals surface area contributed by atoms with Gasteiger partial charge in [0.25, 0.3) is 0 Å². The van der Waals surface area contributed by atoms with Crippen molar-refractivity contribution in [2.45, 2.75) is 13.5 Å². The quantitative estimate of drug-likeness (QED) is 0.837. The predicted molar refractivity (Wildman–Crippen MR) is 71.4 cm³/mol. The molecule has 17 heavy (non-hydrogen) atoms. The minimum atomic E-state index is 0.497. The van der Waals surface area contributed by atoms with Crippen LogP contribution in [-0.4, -0.2) is 0 Å². The van der Waals surface area contributed by atoms with E-state index in [0.29, 0.717) is 17.3 Å². The van der Waals surface area contributed by atoms with Crippen LogP contribution in [0.2, 0.25) is 5.02 Å². The molecule has 0 bridgehead atoms. The third-order valence-electron chi connectivity index (χ3n) is 2.71. The molecule has 0 atom stereocenters. The average Bonchev–Trinajstić information content (AvgIpc) is 2.36. The van der Waals surface area contributed by atoms with Gasteiger partial charge in [0.05, 0.1) is 10.7 Å². The maximum absolute atomic E-state index is 5.94. The zero-order valence-electron chi connectivity index (χ0n) is 9.61. The second-order valence-corrected chi connectivity index (χ2v) is 4.25. The third kappa shape index (κ3) is 2.71. The van der Waals surface area contributed by atoms with Crippen molar-refractivity contribution in [3.63, 3.8) is 0 Å². The normalized spacial score (nSPS) is 10.2. The lowest BCUT2D eigenvalue weighted by Gasteiger charge is -2.11. The van der Waals surface area contributed by atoms with Crippen molar-refractivity contribution in [3.05, 3.63) is 58.6 Å². The number of halogens is 1. The van der Waals surface area contributed by atoms with Gasteiger partial charge in [0.15, 0.2) is 0 Å². The zero-order valence-corrected chi connectivity index (χ0v) is 10.4. The summed E-state index contributed by atoms with van der Waals surface area (Å²) in [6.45, 7) is 2.45. The number of benzene rings is 2. The molecular weight excluding hydrogens is 234 g/mol. The number of ether oxygens (including phenoxy) is 1. The van der Waals surface area contributed by atoms with Crippen LogP contribution in [0.25, 0.3) is 0 Å². The first-order valence-corrected chi connectivity index (χ1v) is 5.77. The Morgan fingerprint density at radius 3 is 2.53 bits per heavy atom. The molecule has 0 saturated carbocycles. The fourth-order valence-corrected chi connectivity index (χ4v) is 1.78. The molecule has 0 heterocycles. The van der Waals surface area contributed by atoms with Gasteiger partial charge < -0.3 is 10.5 Å². The molecule has 0 amide bonds. The summed E-state index contributed by atoms with van der Waals surface area (Å²) in [7, 11) is 0. The number of rotatable bonds is 3. The zero-order chi connectivity index (χ0) is 12.3. The number of hydrogen-bond donors (Lipinski definition) is 1. The molecule has 3 heteroatoms. The highest BCUT2D eigenvalue weighted by molar-refractivity contribution is 6.33. The van der Waals surface area contributed by atoms with Crippen molar-refractivity contribution in [1.29, 1.82) is 0 Å². The summed E-state index contributed by atoms with van der Waals surface area (Å²) in [5.41, 5.74) is 8.52. The molecule has 0 radical (unpaired) electrons. The van der Waals surface area contributed by atoms with Crippen molar-refractivity contribution < 1.29 is 4.74 Å². The molecule has 0 unspecified atom stereocenters. The molecular formula is C14H14ClNO. The molecule has 2 aromatic carbocycles. The lowest BCUT2D eigenvalue weighted by molar-refractivity contribution is 0.305. The molecule has 0 spiro atoms. The topological polar surface area (TPSA) is 35.2 Å². The van der Waals surface area contributed by atoms with Crippen LogP contribution in [0.4, 0.5) is 5.69 Å². The van der Waals surface area contributed by atoms with Gasteiger partial charge in [-0.15, -0.1) is 0 Å². The van der Waals surface area contributed by atoms with Crippen molar-refractivity contribution in [2.75, 3.05) is 5.73 Å². The lowest BCUT2D eigenvalue weighted by Crippen LogP contribution is -2.01. The van der Waals surface area contributed by atoms with Crippen LogP contribution >= 0.6 is 11.6 Å². The summed E-state index contributed by atoms with van der Waals surface area (Å²) in [4.78, 5) is 0. The van der Waals surface area contributed by atoms with Crippen LogP contribution in [-0.2, 0) is 6.61 Å². The number of para-hydroxylation sites is 1. The Labute approximate surface area is 106 Å². The molecule has 2 rings (SSSR count). The minimum Gasteiger partial charge on any atom is -0.489 e. The van der Waals surface area contributed by atoms with E-state index in [1.165, 1.54) is 0 Å². The second kappa shape index (κ2) is 5.11. The summed E-state index contributed by atoms with van der Waals surface area (Å²) in [6.07, 6.45) is 0. The van der Waals surface area contributed by atoms with E-state index in [-0.39, 0.29) is 0 Å². The van der Waals surface area contributed by atoms with Gasteiger partial charge >= 0.3 is 0 Å². The van der Waals surface area contributed by atoms with E-state index in [0.717, 1.165) is 16.9 Å². The van der Waals surface area contributed by atoms with Gasteiger partial charge in [0.1, 0.15) is 12.4 Å². The maximum Gasteiger partial charge on any atom is 0.119 e. The van der Waals surface area contributed by atoms with Gasteiger partial charge in [0.2, 0.25) is 0 Å². The van der Waals surface area contributed by atoms with Crippen LogP contribution in [0.3, 0.4) is 0 Å². The van der Waals surface area contributed by atoms with Crippen LogP contribution in [0.1, 0.15) is 11.1 Å². The third-order valence-corrected chi connectivity index (χ3v) is 3.04. The van der Waals surface area contributed by atoms with Crippen molar-refractivity contribution in [2.24, 2.45) is 0 Å². The Balaban J connectivity index is 2.13. The number of hydrogen-bond acceptors (Lipinski definition) is 2. The highest BCUT2D eigenvalue weighted by Gasteiger charge is 2.06. The first kappa shape index (κ1) is 11.8. The van der Waals surface area contributed by atoms with E-state index in [1.807, 2.05) is 43.3 Å². The lowest BCUT2D eigenvalue weighted by atomic mass is 10.1. The van der Waals surface area contributed by atoms with Crippen LogP contribution in [0, 0.1) is 6.92 Å². The first-order chi connectivity index (χ1) is 8.18. The van der Waals surface area contributed by atoms with Crippen LogP contribution in [0.5, 0.6) is 5.75 Å². The number of nitrogen functional groups attached to an aromatic ring is 1. The van der Waals surface area contributed by atoms with E-state index in [1.54, 1.807) is 6.07 Å². The minimum absolute atomic E-state index is 0.497. The highest BCUT2D eigenvalue weighted by Crippen LogP contribution is 2.26. The molecule has 88 valence electrons. The second-order valence-electron chi connectivity index (χ2n) is 3.85. The van der Waals surface area contributed by atoms with Gasteiger partial charge in [-0.05, 0) is 36.2 Å². The number of nitrogens with two attached hydrogens (primary N) is 1. The van der Waals surface area contributed by atoms with Gasteiger partial charge in [-0.1, -0.05) is 35.9 Å². The van der Waals surface area contributed by atoms with Crippen LogP contribution < -0.4 is 10.5 Å². The molecule has 0 fully saturated rings. The monoisotopic (exact) mass is 247 g/mol. The molecule has 2 nitrogen and oxygen atoms in total. The summed E-state index contributed by atoms with van der Waals surface area (Å²) < 4.78 is 5.67. The first-order valence-electron chi connectivity index (χ1n) is 5.40. The Bertz CT molecular complexity index is 511. The van der Waals surface area contributed by atoms with Crippen LogP contribution in [0.15, 0.2) is 42.5 Å². The van der Waals surface area contributed by atoms with Crippen molar-refractivity contribution >= 4 is 17.3 Å². The summed E-state index contributed by atoms with van der Waals surface area (Å²) in [6, 6.07) is 13.4. The van der Waals surface area contributed by atoms with Crippen molar-refractivity contribution in [1.82, 2.24) is 0 Å². The van der Waals surface area contributed by atoms with E-state index >= 15 is 0 Å². The van der Waals surface area contributed by atoms with E-state index in [4.69, 9.17) is 22.1 Å². The molecule has 0 aliphatic rings. The van der Waals surface area contributed by atoms with Gasteiger partial charge in [-0.25, -0.2) is 0 Å². The molecule has 2 N–H and O–H groups in total. The molecule has 0 aromatic heterocycles. The summed E-state index contributed by atoms with van der Waals surface area (Å²) in [5.74, 6) is 0.848.